The zero-order valence-corrected chi connectivity index (χ0v) is 19.1. The van der Waals surface area contributed by atoms with Crippen LogP contribution < -0.4 is 10.6 Å². The van der Waals surface area contributed by atoms with E-state index in [0.717, 1.165) is 45.6 Å². The molecule has 8 nitrogen and oxygen atoms in total. The lowest BCUT2D eigenvalue weighted by atomic mass is 9.86. The van der Waals surface area contributed by atoms with Gasteiger partial charge in [-0.25, -0.2) is 4.39 Å². The first kappa shape index (κ1) is 22.4. The summed E-state index contributed by atoms with van der Waals surface area (Å²) < 4.78 is 13.0. The number of aliphatic imine (C=N–C) groups is 2. The molecule has 0 aromatic carbocycles. The minimum Gasteiger partial charge on any atom is -0.347 e. The van der Waals surface area contributed by atoms with Gasteiger partial charge in [0.05, 0.1) is 24.7 Å². The van der Waals surface area contributed by atoms with Gasteiger partial charge in [0.25, 0.3) is 5.91 Å². The highest BCUT2D eigenvalue weighted by Crippen LogP contribution is 2.26. The van der Waals surface area contributed by atoms with Gasteiger partial charge in [-0.15, -0.1) is 0 Å². The van der Waals surface area contributed by atoms with Crippen molar-refractivity contribution in [2.75, 3.05) is 39.3 Å². The Balaban J connectivity index is 1.07. The molecule has 4 unspecified atom stereocenters. The van der Waals surface area contributed by atoms with Crippen molar-refractivity contribution in [2.24, 2.45) is 15.9 Å². The molecule has 2 amide bonds. The van der Waals surface area contributed by atoms with Crippen LogP contribution in [0.4, 0.5) is 4.39 Å². The van der Waals surface area contributed by atoms with Crippen LogP contribution in [0.15, 0.2) is 33.8 Å². The van der Waals surface area contributed by atoms with Crippen LogP contribution in [0, 0.1) is 5.92 Å². The number of rotatable bonds is 6. The molecule has 2 saturated heterocycles. The first-order chi connectivity index (χ1) is 16.0. The van der Waals surface area contributed by atoms with Gasteiger partial charge in [0.2, 0.25) is 5.91 Å². The van der Waals surface area contributed by atoms with E-state index in [1.807, 2.05) is 12.3 Å². The van der Waals surface area contributed by atoms with Crippen molar-refractivity contribution in [2.45, 2.75) is 56.5 Å². The molecule has 3 fully saturated rings. The summed E-state index contributed by atoms with van der Waals surface area (Å²) in [4.78, 5) is 38.4. The standard InChI is InChI=1S/C24H33FN6O2/c1-2-16-10-21-22(29-23(16)32)9-15(12-26-21)14-30-5-7-31(8-6-30)17-3-4-19(27-13-17)24(33)28-20-11-18(20)25/h3-4,9,12,16-18,20-22H,2,5-8,10-11,13-14H2,1H3,(H,28,33)(H,29,32)/t16?,17?,18-,20+,21?,22?/m0/s1. The summed E-state index contributed by atoms with van der Waals surface area (Å²) in [5.41, 5.74) is 1.56. The first-order valence-electron chi connectivity index (χ1n) is 12.2. The van der Waals surface area contributed by atoms with Gasteiger partial charge >= 0.3 is 0 Å². The molecular formula is C24H33FN6O2. The molecule has 0 aromatic rings. The Kier molecular flexibility index (Phi) is 6.42. The second-order valence-corrected chi connectivity index (χ2v) is 9.76. The van der Waals surface area contributed by atoms with Gasteiger partial charge < -0.3 is 10.6 Å². The lowest BCUT2D eigenvalue weighted by molar-refractivity contribution is -0.127. The van der Waals surface area contributed by atoms with Gasteiger partial charge in [0, 0.05) is 57.3 Å². The quantitative estimate of drug-likeness (QED) is 0.609. The average molecular weight is 457 g/mol. The third-order valence-corrected chi connectivity index (χ3v) is 7.41. The number of nitrogens with zero attached hydrogens (tertiary/aromatic N) is 4. The topological polar surface area (TPSA) is 89.4 Å². The highest BCUT2D eigenvalue weighted by molar-refractivity contribution is 6.43. The Morgan fingerprint density at radius 3 is 2.73 bits per heavy atom. The van der Waals surface area contributed by atoms with Crippen LogP contribution in [-0.2, 0) is 9.59 Å². The molecule has 0 radical (unpaired) electrons. The summed E-state index contributed by atoms with van der Waals surface area (Å²) in [6, 6.07) is 0.0476. The molecule has 1 aliphatic carbocycles. The van der Waals surface area contributed by atoms with E-state index in [-0.39, 0.29) is 41.9 Å². The molecule has 9 heteroatoms. The van der Waals surface area contributed by atoms with Crippen molar-refractivity contribution in [1.82, 2.24) is 20.4 Å². The number of amides is 2. The molecule has 5 rings (SSSR count). The van der Waals surface area contributed by atoms with Crippen LogP contribution >= 0.6 is 0 Å². The van der Waals surface area contributed by atoms with Crippen LogP contribution in [0.3, 0.4) is 0 Å². The molecule has 2 N–H and O–H groups in total. The fraction of sp³-hybridized carbons (Fsp3) is 0.667. The maximum atomic E-state index is 13.0. The van der Waals surface area contributed by atoms with Gasteiger partial charge in [0.1, 0.15) is 11.9 Å². The number of halogens is 1. The molecule has 178 valence electrons. The van der Waals surface area contributed by atoms with E-state index in [4.69, 9.17) is 4.99 Å². The second kappa shape index (κ2) is 9.46. The minimum absolute atomic E-state index is 0.0222. The maximum absolute atomic E-state index is 13.0. The third kappa shape index (κ3) is 5.09. The van der Waals surface area contributed by atoms with Crippen LogP contribution in [0.2, 0.25) is 0 Å². The van der Waals surface area contributed by atoms with Crippen molar-refractivity contribution in [3.05, 3.63) is 23.8 Å². The Morgan fingerprint density at radius 2 is 2.06 bits per heavy atom. The van der Waals surface area contributed by atoms with Gasteiger partial charge in [-0.1, -0.05) is 19.1 Å². The number of dihydropyridines is 2. The largest absolute Gasteiger partial charge is 0.347 e. The molecule has 0 aromatic heterocycles. The highest BCUT2D eigenvalue weighted by Gasteiger charge is 2.39. The van der Waals surface area contributed by atoms with Gasteiger partial charge in [-0.2, -0.15) is 0 Å². The number of piperidine rings is 1. The molecule has 1 saturated carbocycles. The Morgan fingerprint density at radius 1 is 1.27 bits per heavy atom. The third-order valence-electron chi connectivity index (χ3n) is 7.41. The monoisotopic (exact) mass is 456 g/mol. The van der Waals surface area contributed by atoms with E-state index in [1.165, 1.54) is 5.57 Å². The highest BCUT2D eigenvalue weighted by atomic mass is 19.1. The van der Waals surface area contributed by atoms with E-state index >= 15 is 0 Å². The average Bonchev–Trinajstić information content (AvgIpc) is 3.53. The molecule has 0 spiro atoms. The van der Waals surface area contributed by atoms with E-state index < -0.39 is 6.17 Å². The lowest BCUT2D eigenvalue weighted by Gasteiger charge is -2.39. The van der Waals surface area contributed by atoms with E-state index in [9.17, 15) is 14.0 Å². The number of hydrogen-bond donors (Lipinski definition) is 2. The van der Waals surface area contributed by atoms with E-state index in [1.54, 1.807) is 6.08 Å². The van der Waals surface area contributed by atoms with Gasteiger partial charge in [-0.05, 0) is 24.5 Å². The lowest BCUT2D eigenvalue weighted by Crippen LogP contribution is -2.53. The Bertz CT molecular complexity index is 907. The van der Waals surface area contributed by atoms with E-state index in [2.05, 4.69) is 38.4 Å². The van der Waals surface area contributed by atoms with Gasteiger partial charge in [0.15, 0.2) is 0 Å². The Hall–Kier alpha value is -2.39. The predicted octanol–water partition coefficient (Wildman–Crippen LogP) is 0.504. The molecule has 5 aliphatic rings. The number of piperazine rings is 1. The van der Waals surface area contributed by atoms with Crippen molar-refractivity contribution in [3.63, 3.8) is 0 Å². The summed E-state index contributed by atoms with van der Waals surface area (Å²) in [5.74, 6) is -0.0393. The number of carbonyl (C=O) groups is 2. The summed E-state index contributed by atoms with van der Waals surface area (Å²) >= 11 is 0. The number of alkyl halides is 1. The van der Waals surface area contributed by atoms with E-state index in [0.29, 0.717) is 18.7 Å². The van der Waals surface area contributed by atoms with Crippen LogP contribution in [0.25, 0.3) is 0 Å². The Labute approximate surface area is 194 Å². The zero-order valence-electron chi connectivity index (χ0n) is 19.1. The normalized spacial score (nSPS) is 36.5. The predicted molar refractivity (Wildman–Crippen MR) is 125 cm³/mol. The molecule has 4 heterocycles. The number of carbonyl (C=O) groups excluding carboxylic acids is 2. The van der Waals surface area contributed by atoms with Crippen LogP contribution in [0.5, 0.6) is 0 Å². The summed E-state index contributed by atoms with van der Waals surface area (Å²) in [6.07, 6.45) is 9.20. The number of hydrogen-bond acceptors (Lipinski definition) is 6. The van der Waals surface area contributed by atoms with Crippen LogP contribution in [-0.4, -0.2) is 103 Å². The molecule has 33 heavy (non-hydrogen) atoms. The van der Waals surface area contributed by atoms with Crippen LogP contribution in [0.1, 0.15) is 26.2 Å². The number of fused-ring (bicyclic) bond motifs is 1. The SMILES string of the molecule is CCC1CC2N=CC(CN3CCN(C4C=CC(C(=O)N[C@@H]5C[C@@H]5F)=NC4)CC3)=CC2NC1=O. The summed E-state index contributed by atoms with van der Waals surface area (Å²) in [5, 5.41) is 5.82. The van der Waals surface area contributed by atoms with Crippen molar-refractivity contribution < 1.29 is 14.0 Å². The van der Waals surface area contributed by atoms with Crippen molar-refractivity contribution in [3.8, 4) is 0 Å². The van der Waals surface area contributed by atoms with Gasteiger partial charge in [-0.3, -0.25) is 29.4 Å². The first-order valence-corrected chi connectivity index (χ1v) is 12.2. The maximum Gasteiger partial charge on any atom is 0.269 e. The zero-order chi connectivity index (χ0) is 22.9. The smallest absolute Gasteiger partial charge is 0.269 e. The van der Waals surface area contributed by atoms with Crippen molar-refractivity contribution >= 4 is 23.7 Å². The van der Waals surface area contributed by atoms with Crippen molar-refractivity contribution in [1.29, 1.82) is 0 Å². The summed E-state index contributed by atoms with van der Waals surface area (Å²) in [6.45, 7) is 7.22. The minimum atomic E-state index is -0.905. The fourth-order valence-corrected chi connectivity index (χ4v) is 5.10. The number of nitrogens with one attached hydrogen (secondary N) is 2. The molecule has 4 aliphatic heterocycles. The molecule has 0 bridgehead atoms. The molecule has 6 atom stereocenters. The summed E-state index contributed by atoms with van der Waals surface area (Å²) in [7, 11) is 0. The second-order valence-electron chi connectivity index (χ2n) is 9.76. The molecular weight excluding hydrogens is 423 g/mol. The fourth-order valence-electron chi connectivity index (χ4n) is 5.10.